The number of hydrogen-bond donors (Lipinski definition) is 1. The van der Waals surface area contributed by atoms with Gasteiger partial charge < -0.3 is 9.84 Å². The van der Waals surface area contributed by atoms with E-state index in [0.29, 0.717) is 5.92 Å². The molecule has 0 aliphatic heterocycles. The summed E-state index contributed by atoms with van der Waals surface area (Å²) < 4.78 is 6.13. The van der Waals surface area contributed by atoms with Gasteiger partial charge in [-0.2, -0.15) is 0 Å². The maximum Gasteiger partial charge on any atom is 0.0902 e. The van der Waals surface area contributed by atoms with E-state index in [-0.39, 0.29) is 28.6 Å². The number of aliphatic hydroxyl groups excluding tert-OH is 1. The summed E-state index contributed by atoms with van der Waals surface area (Å²) in [5, 5.41) is 10.4. The van der Waals surface area contributed by atoms with Crippen molar-refractivity contribution in [3.8, 4) is 0 Å². The normalized spacial score (nSPS) is 46.3. The standard InChI is InChI=1S/C14H26O2/c1-12(2,3)16-11-10(15)9-7-8-14(11,6)13(9,4)5/h9-11,15H,7-8H2,1-6H3/t9-,10-,11-,14+/m1/s1. The molecule has 2 rings (SSSR count). The van der Waals surface area contributed by atoms with Crippen LogP contribution in [0.15, 0.2) is 0 Å². The Balaban J connectivity index is 2.29. The first kappa shape index (κ1) is 12.4. The summed E-state index contributed by atoms with van der Waals surface area (Å²) in [5.74, 6) is 0.407. The molecular formula is C14H26O2. The number of aliphatic hydroxyl groups is 1. The Labute approximate surface area is 99.4 Å². The van der Waals surface area contributed by atoms with Crippen LogP contribution in [0.2, 0.25) is 0 Å². The number of rotatable bonds is 1. The molecule has 0 saturated heterocycles. The van der Waals surface area contributed by atoms with Gasteiger partial charge in [-0.3, -0.25) is 0 Å². The minimum Gasteiger partial charge on any atom is -0.390 e. The molecule has 0 aromatic heterocycles. The van der Waals surface area contributed by atoms with Crippen molar-refractivity contribution < 1.29 is 9.84 Å². The molecular weight excluding hydrogens is 200 g/mol. The number of fused-ring (bicyclic) bond motifs is 2. The SMILES string of the molecule is CC(C)(C)O[C@@H]1[C@H](O)[C@H]2CC[C@]1(C)C2(C)C. The quantitative estimate of drug-likeness (QED) is 0.745. The maximum atomic E-state index is 10.4. The molecule has 0 aromatic carbocycles. The highest BCUT2D eigenvalue weighted by atomic mass is 16.5. The molecule has 2 aliphatic carbocycles. The van der Waals surface area contributed by atoms with E-state index in [2.05, 4.69) is 41.5 Å². The first-order valence-electron chi connectivity index (χ1n) is 6.45. The fourth-order valence-electron chi connectivity index (χ4n) is 3.84. The lowest BCUT2D eigenvalue weighted by molar-refractivity contribution is -0.155. The van der Waals surface area contributed by atoms with E-state index in [4.69, 9.17) is 4.74 Å². The minimum atomic E-state index is -0.284. The molecule has 2 fully saturated rings. The zero-order chi connectivity index (χ0) is 12.4. The molecule has 0 spiro atoms. The summed E-state index contributed by atoms with van der Waals surface area (Å²) in [6, 6.07) is 0. The molecule has 94 valence electrons. The molecule has 0 amide bonds. The fourth-order valence-corrected chi connectivity index (χ4v) is 3.84. The first-order chi connectivity index (χ1) is 7.09. The lowest BCUT2D eigenvalue weighted by Gasteiger charge is -2.42. The highest BCUT2D eigenvalue weighted by Gasteiger charge is 2.67. The van der Waals surface area contributed by atoms with Crippen LogP contribution in [-0.4, -0.2) is 22.9 Å². The summed E-state index contributed by atoms with van der Waals surface area (Å²) >= 11 is 0. The topological polar surface area (TPSA) is 29.5 Å². The Kier molecular flexibility index (Phi) is 2.50. The molecule has 0 heterocycles. The summed E-state index contributed by atoms with van der Waals surface area (Å²) in [7, 11) is 0. The molecule has 4 atom stereocenters. The van der Waals surface area contributed by atoms with Gasteiger partial charge in [0.15, 0.2) is 0 Å². The van der Waals surface area contributed by atoms with E-state index in [1.165, 1.54) is 6.42 Å². The molecule has 0 unspecified atom stereocenters. The van der Waals surface area contributed by atoms with Gasteiger partial charge in [0.25, 0.3) is 0 Å². The number of ether oxygens (including phenoxy) is 1. The van der Waals surface area contributed by atoms with Crippen molar-refractivity contribution in [2.24, 2.45) is 16.7 Å². The van der Waals surface area contributed by atoms with Gasteiger partial charge in [-0.1, -0.05) is 20.8 Å². The van der Waals surface area contributed by atoms with Gasteiger partial charge >= 0.3 is 0 Å². The van der Waals surface area contributed by atoms with Crippen molar-refractivity contribution in [1.82, 2.24) is 0 Å². The summed E-state index contributed by atoms with van der Waals surface area (Å²) in [5.41, 5.74) is 0.155. The van der Waals surface area contributed by atoms with Crippen LogP contribution in [0.5, 0.6) is 0 Å². The van der Waals surface area contributed by atoms with E-state index < -0.39 is 0 Å². The molecule has 0 aromatic rings. The van der Waals surface area contributed by atoms with Crippen LogP contribution in [0.3, 0.4) is 0 Å². The Hall–Kier alpha value is -0.0800. The molecule has 2 aliphatic rings. The van der Waals surface area contributed by atoms with Crippen LogP contribution >= 0.6 is 0 Å². The summed E-state index contributed by atoms with van der Waals surface area (Å²) in [6.45, 7) is 13.1. The van der Waals surface area contributed by atoms with Gasteiger partial charge in [-0.05, 0) is 44.9 Å². The van der Waals surface area contributed by atoms with Crippen LogP contribution in [-0.2, 0) is 4.74 Å². The van der Waals surface area contributed by atoms with E-state index in [1.807, 2.05) is 0 Å². The van der Waals surface area contributed by atoms with E-state index >= 15 is 0 Å². The van der Waals surface area contributed by atoms with Crippen molar-refractivity contribution in [3.05, 3.63) is 0 Å². The van der Waals surface area contributed by atoms with Gasteiger partial charge in [-0.25, -0.2) is 0 Å². The average molecular weight is 226 g/mol. The van der Waals surface area contributed by atoms with Crippen LogP contribution < -0.4 is 0 Å². The second kappa shape index (κ2) is 3.23. The highest BCUT2D eigenvalue weighted by molar-refractivity contribution is 5.15. The van der Waals surface area contributed by atoms with E-state index in [0.717, 1.165) is 6.42 Å². The van der Waals surface area contributed by atoms with Crippen molar-refractivity contribution in [1.29, 1.82) is 0 Å². The third-order valence-corrected chi connectivity index (χ3v) is 5.20. The second-order valence-corrected chi connectivity index (χ2v) is 7.43. The van der Waals surface area contributed by atoms with Crippen molar-refractivity contribution in [2.75, 3.05) is 0 Å². The van der Waals surface area contributed by atoms with Crippen molar-refractivity contribution in [3.63, 3.8) is 0 Å². The second-order valence-electron chi connectivity index (χ2n) is 7.43. The van der Waals surface area contributed by atoms with Crippen LogP contribution in [0.4, 0.5) is 0 Å². The Morgan fingerprint density at radius 1 is 1.19 bits per heavy atom. The van der Waals surface area contributed by atoms with Gasteiger partial charge in [-0.15, -0.1) is 0 Å². The first-order valence-corrected chi connectivity index (χ1v) is 6.45. The summed E-state index contributed by atoms with van der Waals surface area (Å²) in [6.07, 6.45) is 2.05. The minimum absolute atomic E-state index is 0.00116. The number of hydrogen-bond acceptors (Lipinski definition) is 2. The zero-order valence-corrected chi connectivity index (χ0v) is 11.5. The van der Waals surface area contributed by atoms with Gasteiger partial charge in [0.1, 0.15) is 0 Å². The van der Waals surface area contributed by atoms with Crippen molar-refractivity contribution in [2.45, 2.75) is 72.2 Å². The maximum absolute atomic E-state index is 10.4. The Morgan fingerprint density at radius 2 is 1.75 bits per heavy atom. The fraction of sp³-hybridized carbons (Fsp3) is 1.00. The van der Waals surface area contributed by atoms with Crippen LogP contribution in [0.1, 0.15) is 54.4 Å². The lowest BCUT2D eigenvalue weighted by atomic mass is 9.70. The molecule has 2 nitrogen and oxygen atoms in total. The molecule has 2 heteroatoms. The molecule has 0 radical (unpaired) electrons. The molecule has 2 bridgehead atoms. The Morgan fingerprint density at radius 3 is 2.12 bits per heavy atom. The highest BCUT2D eigenvalue weighted by Crippen LogP contribution is 2.66. The molecule has 1 N–H and O–H groups in total. The van der Waals surface area contributed by atoms with E-state index in [9.17, 15) is 5.11 Å². The summed E-state index contributed by atoms with van der Waals surface area (Å²) in [4.78, 5) is 0. The predicted molar refractivity (Wildman–Crippen MR) is 65.2 cm³/mol. The smallest absolute Gasteiger partial charge is 0.0902 e. The largest absolute Gasteiger partial charge is 0.390 e. The average Bonchev–Trinajstić information content (AvgIpc) is 2.38. The zero-order valence-electron chi connectivity index (χ0n) is 11.5. The van der Waals surface area contributed by atoms with Crippen LogP contribution in [0.25, 0.3) is 0 Å². The van der Waals surface area contributed by atoms with Gasteiger partial charge in [0.05, 0.1) is 17.8 Å². The van der Waals surface area contributed by atoms with Crippen molar-refractivity contribution >= 4 is 0 Å². The molecule has 2 saturated carbocycles. The van der Waals surface area contributed by atoms with Crippen LogP contribution in [0, 0.1) is 16.7 Å². The lowest BCUT2D eigenvalue weighted by Crippen LogP contribution is -2.45. The Bertz CT molecular complexity index is 290. The monoisotopic (exact) mass is 226 g/mol. The van der Waals surface area contributed by atoms with Gasteiger partial charge in [0.2, 0.25) is 0 Å². The third kappa shape index (κ3) is 1.46. The van der Waals surface area contributed by atoms with Gasteiger partial charge in [0, 0.05) is 5.41 Å². The molecule has 16 heavy (non-hydrogen) atoms. The predicted octanol–water partition coefficient (Wildman–Crippen LogP) is 2.99. The third-order valence-electron chi connectivity index (χ3n) is 5.20. The van der Waals surface area contributed by atoms with E-state index in [1.54, 1.807) is 0 Å².